The molecule has 2 N–H and O–H groups in total. The second-order valence-corrected chi connectivity index (χ2v) is 4.68. The van der Waals surface area contributed by atoms with E-state index in [1.807, 2.05) is 0 Å². The summed E-state index contributed by atoms with van der Waals surface area (Å²) in [5, 5.41) is 0.562. The van der Waals surface area contributed by atoms with Gasteiger partial charge in [-0.15, -0.1) is 0 Å². The van der Waals surface area contributed by atoms with Gasteiger partial charge >= 0.3 is 0 Å². The highest BCUT2D eigenvalue weighted by atomic mass is 32.1. The lowest BCUT2D eigenvalue weighted by atomic mass is 10.2. The number of carbonyl (C=O) groups excluding carboxylic acids is 2. The first-order valence-electron chi connectivity index (χ1n) is 5.34. The van der Waals surface area contributed by atoms with E-state index in [9.17, 15) is 9.59 Å². The van der Waals surface area contributed by atoms with Gasteiger partial charge in [-0.2, -0.15) is 0 Å². The van der Waals surface area contributed by atoms with Crippen molar-refractivity contribution in [3.63, 3.8) is 0 Å². The molecule has 6 heteroatoms. The molecule has 0 saturated heterocycles. The van der Waals surface area contributed by atoms with Gasteiger partial charge in [0.15, 0.2) is 22.8 Å². The summed E-state index contributed by atoms with van der Waals surface area (Å²) >= 11 is 1.22. The third-order valence-corrected chi connectivity index (χ3v) is 3.27. The van der Waals surface area contributed by atoms with E-state index in [4.69, 9.17) is 15.2 Å². The van der Waals surface area contributed by atoms with E-state index in [1.54, 1.807) is 24.3 Å². The predicted octanol–water partition coefficient (Wildman–Crippen LogP) is 2.46. The van der Waals surface area contributed by atoms with Crippen molar-refractivity contribution in [3.05, 3.63) is 40.8 Å². The zero-order valence-corrected chi connectivity index (χ0v) is 10.9. The molecule has 0 saturated carbocycles. The van der Waals surface area contributed by atoms with Gasteiger partial charge in [-0.1, -0.05) is 11.3 Å². The smallest absolute Gasteiger partial charge is 0.248 e. The number of methoxy groups -OCH3 is 1. The number of hydrogen-bond donors (Lipinski definition) is 1. The van der Waals surface area contributed by atoms with Crippen molar-refractivity contribution in [1.29, 1.82) is 0 Å². The van der Waals surface area contributed by atoms with E-state index in [1.165, 1.54) is 24.5 Å². The molecule has 0 fully saturated rings. The van der Waals surface area contributed by atoms with Gasteiger partial charge in [-0.3, -0.25) is 9.59 Å². The molecule has 0 radical (unpaired) electrons. The SMILES string of the molecule is COc1cc(C(N)=O)ccc1Oc1ccc(C=O)s1. The first kappa shape index (κ1) is 13.1. The largest absolute Gasteiger partial charge is 0.493 e. The van der Waals surface area contributed by atoms with Gasteiger partial charge in [0, 0.05) is 5.56 Å². The van der Waals surface area contributed by atoms with Crippen molar-refractivity contribution in [3.8, 4) is 16.6 Å². The molecular formula is C13H11NO4S. The Bertz CT molecular complexity index is 621. The molecule has 19 heavy (non-hydrogen) atoms. The van der Waals surface area contributed by atoms with Crippen molar-refractivity contribution in [2.24, 2.45) is 5.73 Å². The van der Waals surface area contributed by atoms with Crippen LogP contribution in [0.3, 0.4) is 0 Å². The Morgan fingerprint density at radius 3 is 2.63 bits per heavy atom. The summed E-state index contributed by atoms with van der Waals surface area (Å²) in [5.74, 6) is 0.313. The van der Waals surface area contributed by atoms with Crippen LogP contribution in [0.1, 0.15) is 20.0 Å². The molecular weight excluding hydrogens is 266 g/mol. The highest BCUT2D eigenvalue weighted by Gasteiger charge is 2.10. The minimum Gasteiger partial charge on any atom is -0.493 e. The summed E-state index contributed by atoms with van der Waals surface area (Å²) < 4.78 is 10.7. The monoisotopic (exact) mass is 277 g/mol. The third-order valence-electron chi connectivity index (χ3n) is 2.38. The van der Waals surface area contributed by atoms with Crippen LogP contribution in [0, 0.1) is 0 Å². The van der Waals surface area contributed by atoms with Crippen molar-refractivity contribution < 1.29 is 19.1 Å². The topological polar surface area (TPSA) is 78.6 Å². The van der Waals surface area contributed by atoms with Gasteiger partial charge < -0.3 is 15.2 Å². The van der Waals surface area contributed by atoms with Crippen LogP contribution in [0.25, 0.3) is 0 Å². The van der Waals surface area contributed by atoms with Crippen LogP contribution in [-0.4, -0.2) is 19.3 Å². The average Bonchev–Trinajstić information content (AvgIpc) is 2.86. The Kier molecular flexibility index (Phi) is 3.82. The van der Waals surface area contributed by atoms with E-state index in [0.717, 1.165) is 6.29 Å². The first-order valence-corrected chi connectivity index (χ1v) is 6.16. The van der Waals surface area contributed by atoms with Crippen LogP contribution in [0.5, 0.6) is 16.6 Å². The number of hydrogen-bond acceptors (Lipinski definition) is 5. The fourth-order valence-electron chi connectivity index (χ4n) is 1.47. The number of nitrogens with two attached hydrogens (primary N) is 1. The Hall–Kier alpha value is -2.34. The first-order chi connectivity index (χ1) is 9.13. The fraction of sp³-hybridized carbons (Fsp3) is 0.0769. The molecule has 98 valence electrons. The van der Waals surface area contributed by atoms with Crippen LogP contribution in [0.15, 0.2) is 30.3 Å². The van der Waals surface area contributed by atoms with E-state index in [0.29, 0.717) is 27.0 Å². The Morgan fingerprint density at radius 2 is 2.05 bits per heavy atom. The molecule has 0 aliphatic rings. The van der Waals surface area contributed by atoms with Crippen molar-refractivity contribution in [2.45, 2.75) is 0 Å². The molecule has 5 nitrogen and oxygen atoms in total. The molecule has 0 spiro atoms. The number of aldehydes is 1. The Balaban J connectivity index is 2.29. The summed E-state index contributed by atoms with van der Waals surface area (Å²) in [4.78, 5) is 22.2. The maximum atomic E-state index is 11.1. The summed E-state index contributed by atoms with van der Waals surface area (Å²) in [5.41, 5.74) is 5.53. The normalized spacial score (nSPS) is 9.95. The predicted molar refractivity (Wildman–Crippen MR) is 71.3 cm³/mol. The number of benzene rings is 1. The Morgan fingerprint density at radius 1 is 1.26 bits per heavy atom. The maximum Gasteiger partial charge on any atom is 0.248 e. The second-order valence-electron chi connectivity index (χ2n) is 3.61. The van der Waals surface area contributed by atoms with Gasteiger partial charge in [-0.25, -0.2) is 0 Å². The molecule has 2 rings (SSSR count). The van der Waals surface area contributed by atoms with E-state index < -0.39 is 5.91 Å². The average molecular weight is 277 g/mol. The van der Waals surface area contributed by atoms with Gasteiger partial charge in [-0.05, 0) is 30.3 Å². The second kappa shape index (κ2) is 5.53. The van der Waals surface area contributed by atoms with Gasteiger partial charge in [0.1, 0.15) is 0 Å². The van der Waals surface area contributed by atoms with Crippen molar-refractivity contribution in [1.82, 2.24) is 0 Å². The summed E-state index contributed by atoms with van der Waals surface area (Å²) in [6.07, 6.45) is 0.755. The maximum absolute atomic E-state index is 11.1. The molecule has 0 unspecified atom stereocenters. The zero-order valence-electron chi connectivity index (χ0n) is 10.1. The molecule has 2 aromatic rings. The quantitative estimate of drug-likeness (QED) is 0.851. The van der Waals surface area contributed by atoms with E-state index >= 15 is 0 Å². The molecule has 0 aliphatic heterocycles. The molecule has 1 heterocycles. The van der Waals surface area contributed by atoms with E-state index in [-0.39, 0.29) is 0 Å². The third kappa shape index (κ3) is 2.92. The molecule has 0 bridgehead atoms. The van der Waals surface area contributed by atoms with Crippen molar-refractivity contribution >= 4 is 23.5 Å². The van der Waals surface area contributed by atoms with Gasteiger partial charge in [0.05, 0.1) is 12.0 Å². The molecule has 0 aliphatic carbocycles. The van der Waals surface area contributed by atoms with Crippen molar-refractivity contribution in [2.75, 3.05) is 7.11 Å². The van der Waals surface area contributed by atoms with Crippen LogP contribution in [0.2, 0.25) is 0 Å². The minimum absolute atomic E-state index is 0.337. The summed E-state index contributed by atoms with van der Waals surface area (Å²) in [6.45, 7) is 0. The number of rotatable bonds is 5. The highest BCUT2D eigenvalue weighted by Crippen LogP contribution is 2.35. The summed E-state index contributed by atoms with van der Waals surface area (Å²) in [6, 6.07) is 8.01. The number of amides is 1. The lowest BCUT2D eigenvalue weighted by molar-refractivity contribution is 0.0999. The van der Waals surface area contributed by atoms with E-state index in [2.05, 4.69) is 0 Å². The molecule has 1 aromatic carbocycles. The lowest BCUT2D eigenvalue weighted by Crippen LogP contribution is -2.10. The lowest BCUT2D eigenvalue weighted by Gasteiger charge is -2.09. The zero-order chi connectivity index (χ0) is 13.8. The van der Waals surface area contributed by atoms with Crippen LogP contribution in [-0.2, 0) is 0 Å². The van der Waals surface area contributed by atoms with Crippen LogP contribution >= 0.6 is 11.3 Å². The highest BCUT2D eigenvalue weighted by molar-refractivity contribution is 7.15. The minimum atomic E-state index is -0.538. The van der Waals surface area contributed by atoms with Gasteiger partial charge in [0.25, 0.3) is 0 Å². The van der Waals surface area contributed by atoms with Crippen LogP contribution in [0.4, 0.5) is 0 Å². The standard InChI is InChI=1S/C13H11NO4S/c1-17-11-6-8(13(14)16)2-4-10(11)18-12-5-3-9(7-15)19-12/h2-7H,1H3,(H2,14,16). The van der Waals surface area contributed by atoms with Crippen LogP contribution < -0.4 is 15.2 Å². The number of primary amides is 1. The molecule has 0 atom stereocenters. The molecule has 1 amide bonds. The number of ether oxygens (including phenoxy) is 2. The number of thiophene rings is 1. The van der Waals surface area contributed by atoms with Gasteiger partial charge in [0.2, 0.25) is 5.91 Å². The fourth-order valence-corrected chi connectivity index (χ4v) is 2.15. The molecule has 1 aromatic heterocycles. The Labute approximate surface area is 113 Å². The number of carbonyl (C=O) groups is 2. The summed E-state index contributed by atoms with van der Waals surface area (Å²) in [7, 11) is 1.47.